The van der Waals surface area contributed by atoms with E-state index in [1.807, 2.05) is 31.2 Å². The summed E-state index contributed by atoms with van der Waals surface area (Å²) < 4.78 is 6.02. The predicted molar refractivity (Wildman–Crippen MR) is 94.9 cm³/mol. The zero-order chi connectivity index (χ0) is 17.5. The van der Waals surface area contributed by atoms with Gasteiger partial charge >= 0.3 is 6.09 Å². The van der Waals surface area contributed by atoms with E-state index in [0.717, 1.165) is 23.1 Å². The SMILES string of the molecule is CCOC(=O)N1CC[NH+](CC(=O)N[C@@H](C)c2ccc(Br)cc2)CC1. The molecule has 1 aliphatic heterocycles. The Labute approximate surface area is 151 Å². The summed E-state index contributed by atoms with van der Waals surface area (Å²) in [5.74, 6) is 0.0324. The van der Waals surface area contributed by atoms with Crippen LogP contribution in [0.3, 0.4) is 0 Å². The van der Waals surface area contributed by atoms with Crippen LogP contribution in [-0.2, 0) is 9.53 Å². The molecule has 1 aliphatic rings. The Balaban J connectivity index is 1.75. The minimum atomic E-state index is -0.259. The van der Waals surface area contributed by atoms with E-state index in [-0.39, 0.29) is 18.0 Å². The molecule has 24 heavy (non-hydrogen) atoms. The monoisotopic (exact) mass is 398 g/mol. The Hall–Kier alpha value is -1.60. The minimum Gasteiger partial charge on any atom is -0.450 e. The van der Waals surface area contributed by atoms with Crippen LogP contribution in [0.2, 0.25) is 0 Å². The van der Waals surface area contributed by atoms with E-state index >= 15 is 0 Å². The zero-order valence-electron chi connectivity index (χ0n) is 14.2. The smallest absolute Gasteiger partial charge is 0.410 e. The number of amides is 2. The van der Waals surface area contributed by atoms with Crippen LogP contribution in [0.1, 0.15) is 25.5 Å². The highest BCUT2D eigenvalue weighted by Crippen LogP contribution is 2.16. The highest BCUT2D eigenvalue weighted by molar-refractivity contribution is 9.10. The van der Waals surface area contributed by atoms with Gasteiger partial charge in [0.25, 0.3) is 5.91 Å². The number of carbonyl (C=O) groups is 2. The van der Waals surface area contributed by atoms with E-state index < -0.39 is 0 Å². The van der Waals surface area contributed by atoms with Crippen molar-refractivity contribution in [3.63, 3.8) is 0 Å². The van der Waals surface area contributed by atoms with E-state index in [2.05, 4.69) is 21.2 Å². The molecule has 1 atom stereocenters. The van der Waals surface area contributed by atoms with Crippen molar-refractivity contribution >= 4 is 27.9 Å². The van der Waals surface area contributed by atoms with Gasteiger partial charge in [-0.2, -0.15) is 0 Å². The summed E-state index contributed by atoms with van der Waals surface area (Å²) in [7, 11) is 0. The quantitative estimate of drug-likeness (QED) is 0.776. The number of halogens is 1. The van der Waals surface area contributed by atoms with Gasteiger partial charge in [-0.1, -0.05) is 28.1 Å². The summed E-state index contributed by atoms with van der Waals surface area (Å²) in [6.07, 6.45) is -0.259. The maximum Gasteiger partial charge on any atom is 0.410 e. The lowest BCUT2D eigenvalue weighted by atomic mass is 10.1. The first-order valence-electron chi connectivity index (χ1n) is 8.29. The fraction of sp³-hybridized carbons (Fsp3) is 0.529. The molecule has 132 valence electrons. The second kappa shape index (κ2) is 9.03. The van der Waals surface area contributed by atoms with Crippen molar-refractivity contribution in [1.82, 2.24) is 10.2 Å². The van der Waals surface area contributed by atoms with Crippen LogP contribution >= 0.6 is 15.9 Å². The molecular weight excluding hydrogens is 374 g/mol. The fourth-order valence-electron chi connectivity index (χ4n) is 2.75. The van der Waals surface area contributed by atoms with Gasteiger partial charge in [0.1, 0.15) is 0 Å². The van der Waals surface area contributed by atoms with Crippen LogP contribution in [0.15, 0.2) is 28.7 Å². The van der Waals surface area contributed by atoms with Gasteiger partial charge in [0.05, 0.1) is 38.8 Å². The van der Waals surface area contributed by atoms with Crippen molar-refractivity contribution in [3.05, 3.63) is 34.3 Å². The number of nitrogens with one attached hydrogen (secondary N) is 2. The highest BCUT2D eigenvalue weighted by atomic mass is 79.9. The molecule has 0 unspecified atom stereocenters. The standard InChI is InChI=1S/C17H24BrN3O3/c1-3-24-17(23)21-10-8-20(9-11-21)12-16(22)19-13(2)14-4-6-15(18)7-5-14/h4-7,13H,3,8-12H2,1-2H3,(H,19,22)/p+1/t13-/m0/s1. The largest absolute Gasteiger partial charge is 0.450 e. The lowest BCUT2D eigenvalue weighted by molar-refractivity contribution is -0.896. The predicted octanol–water partition coefficient (Wildman–Crippen LogP) is 0.983. The van der Waals surface area contributed by atoms with Gasteiger partial charge < -0.3 is 15.0 Å². The third kappa shape index (κ3) is 5.49. The van der Waals surface area contributed by atoms with Crippen LogP contribution in [-0.4, -0.2) is 56.2 Å². The van der Waals surface area contributed by atoms with Crippen LogP contribution in [0.25, 0.3) is 0 Å². The van der Waals surface area contributed by atoms with Gasteiger partial charge in [0, 0.05) is 4.47 Å². The summed E-state index contributed by atoms with van der Waals surface area (Å²) in [5, 5.41) is 3.04. The van der Waals surface area contributed by atoms with Crippen molar-refractivity contribution in [1.29, 1.82) is 0 Å². The van der Waals surface area contributed by atoms with Crippen LogP contribution in [0.5, 0.6) is 0 Å². The molecule has 0 saturated carbocycles. The molecule has 1 aromatic rings. The molecule has 2 N–H and O–H groups in total. The number of hydrogen-bond donors (Lipinski definition) is 2. The van der Waals surface area contributed by atoms with Crippen molar-refractivity contribution in [2.75, 3.05) is 39.3 Å². The number of rotatable bonds is 5. The van der Waals surface area contributed by atoms with E-state index in [1.54, 1.807) is 11.8 Å². The van der Waals surface area contributed by atoms with E-state index in [1.165, 1.54) is 4.90 Å². The number of benzene rings is 1. The number of piperazine rings is 1. The Morgan fingerprint density at radius 2 is 1.92 bits per heavy atom. The molecule has 1 fully saturated rings. The normalized spacial score (nSPS) is 16.5. The van der Waals surface area contributed by atoms with Crippen LogP contribution in [0.4, 0.5) is 4.79 Å². The van der Waals surface area contributed by atoms with Gasteiger partial charge in [-0.05, 0) is 31.5 Å². The average Bonchev–Trinajstić information content (AvgIpc) is 2.56. The number of hydrogen-bond acceptors (Lipinski definition) is 3. The number of quaternary nitrogens is 1. The molecule has 6 nitrogen and oxygen atoms in total. The fourth-order valence-corrected chi connectivity index (χ4v) is 3.02. The maximum atomic E-state index is 12.2. The Bertz CT molecular complexity index is 557. The lowest BCUT2D eigenvalue weighted by Gasteiger charge is -2.31. The van der Waals surface area contributed by atoms with Gasteiger partial charge in [-0.3, -0.25) is 9.69 Å². The Morgan fingerprint density at radius 1 is 1.29 bits per heavy atom. The molecule has 0 radical (unpaired) electrons. The summed E-state index contributed by atoms with van der Waals surface area (Å²) >= 11 is 3.41. The molecular formula is C17H25BrN3O3+. The van der Waals surface area contributed by atoms with Gasteiger partial charge in [-0.25, -0.2) is 4.79 Å². The molecule has 0 aromatic heterocycles. The van der Waals surface area contributed by atoms with Crippen molar-refractivity contribution in [2.24, 2.45) is 0 Å². The molecule has 2 amide bonds. The third-order valence-electron chi connectivity index (χ3n) is 4.15. The summed E-state index contributed by atoms with van der Waals surface area (Å²) in [5.41, 5.74) is 1.08. The molecule has 1 heterocycles. The molecule has 0 aliphatic carbocycles. The molecule has 2 rings (SSSR count). The molecule has 7 heteroatoms. The van der Waals surface area contributed by atoms with Gasteiger partial charge in [0.15, 0.2) is 6.54 Å². The minimum absolute atomic E-state index is 0.0224. The number of nitrogens with zero attached hydrogens (tertiary/aromatic N) is 1. The lowest BCUT2D eigenvalue weighted by Crippen LogP contribution is -3.15. The first kappa shape index (κ1) is 18.7. The average molecular weight is 399 g/mol. The van der Waals surface area contributed by atoms with Crippen molar-refractivity contribution in [2.45, 2.75) is 19.9 Å². The Kier molecular flexibility index (Phi) is 7.05. The van der Waals surface area contributed by atoms with Crippen molar-refractivity contribution < 1.29 is 19.2 Å². The first-order chi connectivity index (χ1) is 11.5. The summed E-state index contributed by atoms with van der Waals surface area (Å²) in [4.78, 5) is 26.8. The van der Waals surface area contributed by atoms with Crippen molar-refractivity contribution in [3.8, 4) is 0 Å². The highest BCUT2D eigenvalue weighted by Gasteiger charge is 2.26. The molecule has 1 saturated heterocycles. The molecule has 0 bridgehead atoms. The molecule has 1 aromatic carbocycles. The van der Waals surface area contributed by atoms with E-state index in [0.29, 0.717) is 26.2 Å². The third-order valence-corrected chi connectivity index (χ3v) is 4.68. The number of ether oxygens (including phenoxy) is 1. The first-order valence-corrected chi connectivity index (χ1v) is 9.09. The topological polar surface area (TPSA) is 63.1 Å². The second-order valence-electron chi connectivity index (χ2n) is 5.95. The summed E-state index contributed by atoms with van der Waals surface area (Å²) in [6, 6.07) is 7.92. The second-order valence-corrected chi connectivity index (χ2v) is 6.87. The van der Waals surface area contributed by atoms with E-state index in [9.17, 15) is 9.59 Å². The van der Waals surface area contributed by atoms with E-state index in [4.69, 9.17) is 4.74 Å². The van der Waals surface area contributed by atoms with Crippen LogP contribution < -0.4 is 10.2 Å². The van der Waals surface area contributed by atoms with Gasteiger partial charge in [-0.15, -0.1) is 0 Å². The zero-order valence-corrected chi connectivity index (χ0v) is 15.8. The van der Waals surface area contributed by atoms with Gasteiger partial charge in [0.2, 0.25) is 0 Å². The molecule has 0 spiro atoms. The summed E-state index contributed by atoms with van der Waals surface area (Å²) in [6.45, 7) is 7.39. The Morgan fingerprint density at radius 3 is 2.50 bits per heavy atom. The maximum absolute atomic E-state index is 12.2. The number of carbonyl (C=O) groups excluding carboxylic acids is 2. The van der Waals surface area contributed by atoms with Crippen LogP contribution in [0, 0.1) is 0 Å².